The van der Waals surface area contributed by atoms with Crippen LogP contribution in [0.4, 0.5) is 5.69 Å². The maximum absolute atomic E-state index is 12.3. The minimum absolute atomic E-state index is 0.262. The second kappa shape index (κ2) is 7.00. The Labute approximate surface area is 141 Å². The molecular weight excluding hydrogens is 405 g/mol. The van der Waals surface area contributed by atoms with Gasteiger partial charge in [-0.15, -0.1) is 0 Å². The molecule has 0 fully saturated rings. The van der Waals surface area contributed by atoms with Gasteiger partial charge in [-0.3, -0.25) is 4.79 Å². The fourth-order valence-corrected chi connectivity index (χ4v) is 2.62. The van der Waals surface area contributed by atoms with Gasteiger partial charge in [0.2, 0.25) is 0 Å². The van der Waals surface area contributed by atoms with Crippen molar-refractivity contribution in [3.8, 4) is 11.5 Å². The summed E-state index contributed by atoms with van der Waals surface area (Å²) in [5.41, 5.74) is 1.14. The lowest BCUT2D eigenvalue weighted by Crippen LogP contribution is -2.13. The number of amides is 1. The van der Waals surface area contributed by atoms with Crippen molar-refractivity contribution in [2.24, 2.45) is 0 Å². The van der Waals surface area contributed by atoms with Gasteiger partial charge in [0.25, 0.3) is 5.91 Å². The number of carbonyl (C=O) groups excluding carboxylic acids is 1. The Morgan fingerprint density at radius 3 is 2.52 bits per heavy atom. The van der Waals surface area contributed by atoms with Gasteiger partial charge in [0.05, 0.1) is 24.9 Å². The number of nitrogens with one attached hydrogen (secondary N) is 1. The molecule has 0 aliphatic heterocycles. The van der Waals surface area contributed by atoms with Crippen LogP contribution in [-0.2, 0) is 0 Å². The lowest BCUT2D eigenvalue weighted by Gasteiger charge is -2.12. The van der Waals surface area contributed by atoms with Crippen molar-refractivity contribution in [2.75, 3.05) is 19.5 Å². The Morgan fingerprint density at radius 2 is 1.90 bits per heavy atom. The summed E-state index contributed by atoms with van der Waals surface area (Å²) in [6.07, 6.45) is 0. The SMILES string of the molecule is COc1cc(C(=O)Nc2ccccc2I)cc(Cl)c1OC. The fourth-order valence-electron chi connectivity index (χ4n) is 1.81. The molecule has 110 valence electrons. The van der Waals surface area contributed by atoms with E-state index in [1.165, 1.54) is 14.2 Å². The van der Waals surface area contributed by atoms with Crippen LogP contribution in [0.3, 0.4) is 0 Å². The molecule has 0 bridgehead atoms. The van der Waals surface area contributed by atoms with Crippen LogP contribution in [0.15, 0.2) is 36.4 Å². The maximum atomic E-state index is 12.3. The summed E-state index contributed by atoms with van der Waals surface area (Å²) < 4.78 is 11.3. The molecule has 0 radical (unpaired) electrons. The monoisotopic (exact) mass is 417 g/mol. The van der Waals surface area contributed by atoms with Crippen molar-refractivity contribution in [1.29, 1.82) is 0 Å². The average molecular weight is 418 g/mol. The van der Waals surface area contributed by atoms with Crippen molar-refractivity contribution >= 4 is 45.8 Å². The van der Waals surface area contributed by atoms with Crippen LogP contribution in [0.25, 0.3) is 0 Å². The highest BCUT2D eigenvalue weighted by molar-refractivity contribution is 14.1. The van der Waals surface area contributed by atoms with Gasteiger partial charge in [-0.25, -0.2) is 0 Å². The van der Waals surface area contributed by atoms with E-state index in [0.717, 1.165) is 9.26 Å². The minimum Gasteiger partial charge on any atom is -0.493 e. The summed E-state index contributed by atoms with van der Waals surface area (Å²) in [5.74, 6) is 0.560. The molecule has 0 aromatic heterocycles. The quantitative estimate of drug-likeness (QED) is 0.758. The Morgan fingerprint density at radius 1 is 1.19 bits per heavy atom. The predicted molar refractivity (Wildman–Crippen MR) is 91.7 cm³/mol. The van der Waals surface area contributed by atoms with E-state index in [2.05, 4.69) is 27.9 Å². The molecule has 4 nitrogen and oxygen atoms in total. The predicted octanol–water partition coefficient (Wildman–Crippen LogP) is 4.21. The number of anilines is 1. The van der Waals surface area contributed by atoms with Gasteiger partial charge in [-0.2, -0.15) is 0 Å². The van der Waals surface area contributed by atoms with E-state index >= 15 is 0 Å². The molecule has 0 unspecified atom stereocenters. The van der Waals surface area contributed by atoms with Crippen molar-refractivity contribution < 1.29 is 14.3 Å². The van der Waals surface area contributed by atoms with Gasteiger partial charge >= 0.3 is 0 Å². The van der Waals surface area contributed by atoms with Crippen LogP contribution >= 0.6 is 34.2 Å². The number of hydrogen-bond acceptors (Lipinski definition) is 3. The Kier molecular flexibility index (Phi) is 5.30. The average Bonchev–Trinajstić information content (AvgIpc) is 2.48. The number of benzene rings is 2. The van der Waals surface area contributed by atoms with Gasteiger partial charge < -0.3 is 14.8 Å². The highest BCUT2D eigenvalue weighted by atomic mass is 127. The molecule has 0 aliphatic rings. The Bertz CT molecular complexity index is 676. The zero-order valence-electron chi connectivity index (χ0n) is 11.4. The van der Waals surface area contributed by atoms with Crippen molar-refractivity contribution in [3.63, 3.8) is 0 Å². The van der Waals surface area contributed by atoms with Crippen LogP contribution < -0.4 is 14.8 Å². The minimum atomic E-state index is -0.262. The number of rotatable bonds is 4. The largest absolute Gasteiger partial charge is 0.493 e. The van der Waals surface area contributed by atoms with Crippen LogP contribution in [0.5, 0.6) is 11.5 Å². The molecule has 0 atom stereocenters. The number of halogens is 2. The van der Waals surface area contributed by atoms with Gasteiger partial charge in [0.15, 0.2) is 11.5 Å². The number of ether oxygens (including phenoxy) is 2. The third kappa shape index (κ3) is 3.59. The molecule has 2 aromatic rings. The number of carbonyl (C=O) groups is 1. The molecule has 0 aliphatic carbocycles. The van der Waals surface area contributed by atoms with E-state index < -0.39 is 0 Å². The molecule has 2 rings (SSSR count). The van der Waals surface area contributed by atoms with E-state index in [0.29, 0.717) is 22.1 Å². The highest BCUT2D eigenvalue weighted by Crippen LogP contribution is 2.36. The first kappa shape index (κ1) is 15.9. The third-order valence-corrected chi connectivity index (χ3v) is 4.04. The molecular formula is C15H13ClINO3. The van der Waals surface area contributed by atoms with E-state index in [-0.39, 0.29) is 5.91 Å². The second-order valence-corrected chi connectivity index (χ2v) is 5.70. The Hall–Kier alpha value is -1.47. The van der Waals surface area contributed by atoms with Crippen LogP contribution in [-0.4, -0.2) is 20.1 Å². The lowest BCUT2D eigenvalue weighted by molar-refractivity contribution is 0.102. The molecule has 0 spiro atoms. The summed E-state index contributed by atoms with van der Waals surface area (Å²) in [5, 5.41) is 3.16. The first-order valence-corrected chi connectivity index (χ1v) is 7.50. The maximum Gasteiger partial charge on any atom is 0.255 e. The zero-order chi connectivity index (χ0) is 15.4. The van der Waals surface area contributed by atoms with Gasteiger partial charge in [-0.1, -0.05) is 23.7 Å². The molecule has 1 N–H and O–H groups in total. The summed E-state index contributed by atoms with van der Waals surface area (Å²) in [6.45, 7) is 0. The molecule has 6 heteroatoms. The lowest BCUT2D eigenvalue weighted by atomic mass is 10.1. The number of hydrogen-bond donors (Lipinski definition) is 1. The molecule has 0 heterocycles. The molecule has 0 saturated heterocycles. The van der Waals surface area contributed by atoms with E-state index in [9.17, 15) is 4.79 Å². The molecule has 2 aromatic carbocycles. The van der Waals surface area contributed by atoms with Crippen molar-refractivity contribution in [3.05, 3.63) is 50.6 Å². The summed E-state index contributed by atoms with van der Waals surface area (Å²) in [7, 11) is 2.99. The van der Waals surface area contributed by atoms with Gasteiger partial charge in [0, 0.05) is 9.13 Å². The molecule has 21 heavy (non-hydrogen) atoms. The van der Waals surface area contributed by atoms with Crippen molar-refractivity contribution in [1.82, 2.24) is 0 Å². The zero-order valence-corrected chi connectivity index (χ0v) is 14.4. The number of methoxy groups -OCH3 is 2. The smallest absolute Gasteiger partial charge is 0.255 e. The van der Waals surface area contributed by atoms with Crippen LogP contribution in [0.2, 0.25) is 5.02 Å². The van der Waals surface area contributed by atoms with E-state index in [1.807, 2.05) is 24.3 Å². The van der Waals surface area contributed by atoms with E-state index in [4.69, 9.17) is 21.1 Å². The van der Waals surface area contributed by atoms with Crippen molar-refractivity contribution in [2.45, 2.75) is 0 Å². The fraction of sp³-hybridized carbons (Fsp3) is 0.133. The van der Waals surface area contributed by atoms with Gasteiger partial charge in [-0.05, 0) is 46.9 Å². The van der Waals surface area contributed by atoms with Gasteiger partial charge in [0.1, 0.15) is 0 Å². The summed E-state index contributed by atoms with van der Waals surface area (Å²) in [4.78, 5) is 12.3. The molecule has 1 amide bonds. The second-order valence-electron chi connectivity index (χ2n) is 4.13. The highest BCUT2D eigenvalue weighted by Gasteiger charge is 2.15. The summed E-state index contributed by atoms with van der Waals surface area (Å²) >= 11 is 8.26. The Balaban J connectivity index is 2.32. The van der Waals surface area contributed by atoms with Crippen LogP contribution in [0.1, 0.15) is 10.4 Å². The van der Waals surface area contributed by atoms with E-state index in [1.54, 1.807) is 12.1 Å². The normalized spacial score (nSPS) is 10.1. The third-order valence-electron chi connectivity index (χ3n) is 2.82. The molecule has 0 saturated carbocycles. The first-order valence-electron chi connectivity index (χ1n) is 6.04. The van der Waals surface area contributed by atoms with Crippen LogP contribution in [0, 0.1) is 3.57 Å². The standard InChI is InChI=1S/C15H13ClINO3/c1-20-13-8-9(7-10(16)14(13)21-2)15(19)18-12-6-4-3-5-11(12)17/h3-8H,1-2H3,(H,18,19). The summed E-state index contributed by atoms with van der Waals surface area (Å²) in [6, 6.07) is 10.7. The number of para-hydroxylation sites is 1. The topological polar surface area (TPSA) is 47.6 Å². The first-order chi connectivity index (χ1) is 10.1.